The number of hydrogen-bond donors (Lipinski definition) is 3. The summed E-state index contributed by atoms with van der Waals surface area (Å²) in [6.45, 7) is 3.84. The minimum Gasteiger partial charge on any atom is -0.371 e. The van der Waals surface area contributed by atoms with Crippen molar-refractivity contribution < 1.29 is 9.59 Å². The van der Waals surface area contributed by atoms with Crippen molar-refractivity contribution in [1.82, 2.24) is 5.32 Å². The highest BCUT2D eigenvalue weighted by Gasteiger charge is 2.29. The van der Waals surface area contributed by atoms with Crippen LogP contribution in [0.2, 0.25) is 0 Å². The Bertz CT molecular complexity index is 628. The number of nitrogens with two attached hydrogens (primary N) is 1. The zero-order valence-corrected chi connectivity index (χ0v) is 14.8. The van der Waals surface area contributed by atoms with E-state index < -0.39 is 6.04 Å². The number of rotatable bonds is 5. The van der Waals surface area contributed by atoms with Gasteiger partial charge in [-0.25, -0.2) is 0 Å². The fraction of sp³-hybridized carbons (Fsp3) is 0.579. The SMILES string of the molecule is CC(NC(=O)C1CCC(N)C1)C(=O)Nc1cccc(N2CCCC2)c1. The number of carbonyl (C=O) groups is 2. The Hall–Kier alpha value is -2.08. The van der Waals surface area contributed by atoms with Crippen LogP contribution >= 0.6 is 0 Å². The number of nitrogens with one attached hydrogen (secondary N) is 2. The molecule has 0 spiro atoms. The number of nitrogens with zero attached hydrogens (tertiary/aromatic N) is 1. The molecule has 0 radical (unpaired) electrons. The lowest BCUT2D eigenvalue weighted by molar-refractivity contribution is -0.128. The van der Waals surface area contributed by atoms with Crippen LogP contribution in [0.1, 0.15) is 39.0 Å². The number of benzene rings is 1. The molecule has 1 saturated carbocycles. The minimum absolute atomic E-state index is 0.0660. The van der Waals surface area contributed by atoms with Gasteiger partial charge < -0.3 is 21.3 Å². The first-order chi connectivity index (χ1) is 12.0. The summed E-state index contributed by atoms with van der Waals surface area (Å²) in [5, 5.41) is 5.72. The van der Waals surface area contributed by atoms with Gasteiger partial charge in [-0.15, -0.1) is 0 Å². The van der Waals surface area contributed by atoms with Gasteiger partial charge in [-0.2, -0.15) is 0 Å². The maximum atomic E-state index is 12.4. The fourth-order valence-corrected chi connectivity index (χ4v) is 3.66. The van der Waals surface area contributed by atoms with E-state index in [1.165, 1.54) is 12.8 Å². The maximum Gasteiger partial charge on any atom is 0.246 e. The molecule has 0 bridgehead atoms. The standard InChI is InChI=1S/C19H28N4O2/c1-13(21-19(25)14-7-8-15(20)11-14)18(24)22-16-5-4-6-17(12-16)23-9-2-3-10-23/h4-6,12-15H,2-3,7-11,20H2,1H3,(H,21,25)(H,22,24). The quantitative estimate of drug-likeness (QED) is 0.761. The average Bonchev–Trinajstić information content (AvgIpc) is 3.26. The topological polar surface area (TPSA) is 87.5 Å². The van der Waals surface area contributed by atoms with E-state index in [2.05, 4.69) is 21.6 Å². The van der Waals surface area contributed by atoms with Crippen molar-refractivity contribution in [3.8, 4) is 0 Å². The van der Waals surface area contributed by atoms with E-state index in [0.717, 1.165) is 37.3 Å². The summed E-state index contributed by atoms with van der Waals surface area (Å²) >= 11 is 0. The first-order valence-electron chi connectivity index (χ1n) is 9.25. The van der Waals surface area contributed by atoms with Crippen LogP contribution in [0.15, 0.2) is 24.3 Å². The molecule has 1 saturated heterocycles. The Labute approximate surface area is 149 Å². The maximum absolute atomic E-state index is 12.4. The molecule has 3 rings (SSSR count). The smallest absolute Gasteiger partial charge is 0.246 e. The predicted molar refractivity (Wildman–Crippen MR) is 99.4 cm³/mol. The van der Waals surface area contributed by atoms with Gasteiger partial charge in [-0.05, 0) is 57.2 Å². The Balaban J connectivity index is 1.54. The van der Waals surface area contributed by atoms with E-state index in [1.807, 2.05) is 18.2 Å². The molecule has 1 aliphatic heterocycles. The van der Waals surface area contributed by atoms with E-state index in [9.17, 15) is 9.59 Å². The van der Waals surface area contributed by atoms with Crippen LogP contribution in [0.5, 0.6) is 0 Å². The normalized spacial score (nSPS) is 24.2. The molecule has 2 fully saturated rings. The highest BCUT2D eigenvalue weighted by Crippen LogP contribution is 2.25. The van der Waals surface area contributed by atoms with E-state index >= 15 is 0 Å². The summed E-state index contributed by atoms with van der Waals surface area (Å²) in [6, 6.07) is 7.42. The first kappa shape index (κ1) is 17.7. The van der Waals surface area contributed by atoms with E-state index in [4.69, 9.17) is 5.73 Å². The van der Waals surface area contributed by atoms with Crippen molar-refractivity contribution in [1.29, 1.82) is 0 Å². The van der Waals surface area contributed by atoms with Gasteiger partial charge in [0.05, 0.1) is 0 Å². The van der Waals surface area contributed by atoms with Crippen molar-refractivity contribution in [2.24, 2.45) is 11.7 Å². The second kappa shape index (κ2) is 7.87. The molecule has 4 N–H and O–H groups in total. The summed E-state index contributed by atoms with van der Waals surface area (Å²) in [4.78, 5) is 27.0. The van der Waals surface area contributed by atoms with E-state index in [0.29, 0.717) is 6.42 Å². The second-order valence-electron chi connectivity index (χ2n) is 7.23. The van der Waals surface area contributed by atoms with Crippen molar-refractivity contribution in [2.75, 3.05) is 23.3 Å². The Morgan fingerprint density at radius 1 is 1.24 bits per heavy atom. The third kappa shape index (κ3) is 4.51. The van der Waals surface area contributed by atoms with Crippen molar-refractivity contribution >= 4 is 23.2 Å². The molecule has 0 aromatic heterocycles. The lowest BCUT2D eigenvalue weighted by atomic mass is 10.1. The van der Waals surface area contributed by atoms with Gasteiger partial charge in [0.2, 0.25) is 11.8 Å². The molecule has 6 nitrogen and oxygen atoms in total. The Kier molecular flexibility index (Phi) is 5.58. The van der Waals surface area contributed by atoms with Gasteiger partial charge in [0.1, 0.15) is 6.04 Å². The fourth-order valence-electron chi connectivity index (χ4n) is 3.66. The summed E-state index contributed by atoms with van der Waals surface area (Å²) in [6.07, 6.45) is 4.81. The molecular formula is C19H28N4O2. The minimum atomic E-state index is -0.570. The number of anilines is 2. The molecule has 2 aliphatic rings. The van der Waals surface area contributed by atoms with Gasteiger partial charge >= 0.3 is 0 Å². The van der Waals surface area contributed by atoms with Gasteiger partial charge in [0.25, 0.3) is 0 Å². The molecular weight excluding hydrogens is 316 g/mol. The van der Waals surface area contributed by atoms with Gasteiger partial charge in [-0.1, -0.05) is 6.07 Å². The summed E-state index contributed by atoms with van der Waals surface area (Å²) < 4.78 is 0. The lowest BCUT2D eigenvalue weighted by Gasteiger charge is -2.20. The van der Waals surface area contributed by atoms with Crippen LogP contribution in [0.4, 0.5) is 11.4 Å². The van der Waals surface area contributed by atoms with Crippen LogP contribution < -0.4 is 21.3 Å². The van der Waals surface area contributed by atoms with Gasteiger partial charge in [-0.3, -0.25) is 9.59 Å². The summed E-state index contributed by atoms with van der Waals surface area (Å²) in [7, 11) is 0. The van der Waals surface area contributed by atoms with Crippen LogP contribution in [0, 0.1) is 5.92 Å². The zero-order chi connectivity index (χ0) is 17.8. The monoisotopic (exact) mass is 344 g/mol. The van der Waals surface area contributed by atoms with E-state index in [-0.39, 0.29) is 23.8 Å². The van der Waals surface area contributed by atoms with Gasteiger partial charge in [0, 0.05) is 36.4 Å². The second-order valence-corrected chi connectivity index (χ2v) is 7.23. The molecule has 2 amide bonds. The summed E-state index contributed by atoms with van der Waals surface area (Å²) in [5.41, 5.74) is 7.75. The molecule has 1 aromatic carbocycles. The van der Waals surface area contributed by atoms with Crippen LogP contribution in [0.3, 0.4) is 0 Å². The Morgan fingerprint density at radius 2 is 2.00 bits per heavy atom. The highest BCUT2D eigenvalue weighted by atomic mass is 16.2. The van der Waals surface area contributed by atoms with Crippen LogP contribution in [-0.2, 0) is 9.59 Å². The number of carbonyl (C=O) groups excluding carboxylic acids is 2. The largest absolute Gasteiger partial charge is 0.371 e. The predicted octanol–water partition coefficient (Wildman–Crippen LogP) is 1.86. The average molecular weight is 344 g/mol. The number of hydrogen-bond acceptors (Lipinski definition) is 4. The first-order valence-corrected chi connectivity index (χ1v) is 9.25. The van der Waals surface area contributed by atoms with Crippen molar-refractivity contribution in [3.05, 3.63) is 24.3 Å². The molecule has 1 aromatic rings. The lowest BCUT2D eigenvalue weighted by Crippen LogP contribution is -2.44. The van der Waals surface area contributed by atoms with Crippen molar-refractivity contribution in [2.45, 2.75) is 51.1 Å². The molecule has 6 heteroatoms. The number of amides is 2. The molecule has 3 unspecified atom stereocenters. The third-order valence-electron chi connectivity index (χ3n) is 5.18. The summed E-state index contributed by atoms with van der Waals surface area (Å²) in [5.74, 6) is -0.334. The molecule has 1 aliphatic carbocycles. The highest BCUT2D eigenvalue weighted by molar-refractivity contribution is 5.97. The zero-order valence-electron chi connectivity index (χ0n) is 14.8. The van der Waals surface area contributed by atoms with Gasteiger partial charge in [0.15, 0.2) is 0 Å². The molecule has 3 atom stereocenters. The van der Waals surface area contributed by atoms with Crippen molar-refractivity contribution in [3.63, 3.8) is 0 Å². The van der Waals surface area contributed by atoms with Crippen LogP contribution in [-0.4, -0.2) is 37.0 Å². The van der Waals surface area contributed by atoms with E-state index in [1.54, 1.807) is 6.92 Å². The third-order valence-corrected chi connectivity index (χ3v) is 5.18. The van der Waals surface area contributed by atoms with Crippen LogP contribution in [0.25, 0.3) is 0 Å². The molecule has 1 heterocycles. The Morgan fingerprint density at radius 3 is 2.68 bits per heavy atom. The molecule has 136 valence electrons. The molecule has 25 heavy (non-hydrogen) atoms.